The number of nitrogens with one attached hydrogen (secondary N) is 1. The zero-order valence-corrected chi connectivity index (χ0v) is 24.9. The number of aryl methyl sites for hydroxylation is 1. The Kier molecular flexibility index (Phi) is 12.4. The summed E-state index contributed by atoms with van der Waals surface area (Å²) in [5.41, 5.74) is 13.5. The molecule has 0 saturated carbocycles. The molecule has 9 heteroatoms. The molecule has 0 fully saturated rings. The molecule has 4 atom stereocenters. The number of hydrogen-bond donors (Lipinski definition) is 4. The van der Waals surface area contributed by atoms with Gasteiger partial charge in [0.2, 0.25) is 11.8 Å². The highest BCUT2D eigenvalue weighted by Gasteiger charge is 2.32. The molecule has 2 aromatic rings. The SMILES string of the molecule is COCCCn1ncc2ccc(C[C@@H](C[C@H](N)[C@@H](O)C[C@H](C(=O)NCC(C)(C)C(N)=O)C(C)C)C(C)C)cc21. The van der Waals surface area contributed by atoms with Gasteiger partial charge in [0, 0.05) is 44.2 Å². The van der Waals surface area contributed by atoms with Crippen molar-refractivity contribution in [1.82, 2.24) is 15.1 Å². The molecule has 2 amide bonds. The van der Waals surface area contributed by atoms with Crippen LogP contribution in [0.5, 0.6) is 0 Å². The summed E-state index contributed by atoms with van der Waals surface area (Å²) in [6.07, 6.45) is 3.72. The number of amides is 2. The van der Waals surface area contributed by atoms with E-state index in [1.165, 1.54) is 5.56 Å². The third kappa shape index (κ3) is 9.58. The zero-order chi connectivity index (χ0) is 29.3. The molecule has 0 aliphatic carbocycles. The van der Waals surface area contributed by atoms with Crippen molar-refractivity contribution < 1.29 is 19.4 Å². The van der Waals surface area contributed by atoms with Crippen LogP contribution in [0.15, 0.2) is 24.4 Å². The number of aromatic nitrogens is 2. The Hall–Kier alpha value is -2.49. The van der Waals surface area contributed by atoms with Crippen molar-refractivity contribution in [3.8, 4) is 0 Å². The summed E-state index contributed by atoms with van der Waals surface area (Å²) in [6, 6.07) is 6.01. The van der Waals surface area contributed by atoms with Crippen molar-refractivity contribution in [3.05, 3.63) is 30.0 Å². The maximum absolute atomic E-state index is 12.9. The third-order valence-corrected chi connectivity index (χ3v) is 7.95. The highest BCUT2D eigenvalue weighted by Crippen LogP contribution is 2.27. The van der Waals surface area contributed by atoms with Gasteiger partial charge in [-0.3, -0.25) is 14.3 Å². The van der Waals surface area contributed by atoms with E-state index in [2.05, 4.69) is 42.5 Å². The van der Waals surface area contributed by atoms with E-state index in [9.17, 15) is 14.7 Å². The summed E-state index contributed by atoms with van der Waals surface area (Å²) in [7, 11) is 1.71. The van der Waals surface area contributed by atoms with Crippen molar-refractivity contribution >= 4 is 22.7 Å². The number of fused-ring (bicyclic) bond motifs is 1. The van der Waals surface area contributed by atoms with Crippen molar-refractivity contribution in [2.75, 3.05) is 20.3 Å². The van der Waals surface area contributed by atoms with Crippen molar-refractivity contribution in [1.29, 1.82) is 0 Å². The van der Waals surface area contributed by atoms with E-state index in [1.54, 1.807) is 21.0 Å². The molecule has 2 rings (SSSR count). The van der Waals surface area contributed by atoms with Gasteiger partial charge in [0.15, 0.2) is 0 Å². The lowest BCUT2D eigenvalue weighted by Gasteiger charge is -2.30. The van der Waals surface area contributed by atoms with Crippen LogP contribution in [0, 0.1) is 29.1 Å². The molecule has 220 valence electrons. The van der Waals surface area contributed by atoms with Crippen LogP contribution < -0.4 is 16.8 Å². The smallest absolute Gasteiger partial charge is 0.224 e. The Morgan fingerprint density at radius 1 is 1.15 bits per heavy atom. The lowest BCUT2D eigenvalue weighted by Crippen LogP contribution is -2.46. The first-order chi connectivity index (χ1) is 18.3. The fourth-order valence-electron chi connectivity index (χ4n) is 4.82. The number of nitrogens with two attached hydrogens (primary N) is 2. The van der Waals surface area contributed by atoms with Crippen LogP contribution in [0.4, 0.5) is 0 Å². The van der Waals surface area contributed by atoms with E-state index in [0.29, 0.717) is 18.9 Å². The lowest BCUT2D eigenvalue weighted by atomic mass is 9.80. The summed E-state index contributed by atoms with van der Waals surface area (Å²) in [6.45, 7) is 13.3. The fraction of sp³-hybridized carbons (Fsp3) is 0.700. The Morgan fingerprint density at radius 3 is 2.44 bits per heavy atom. The molecular weight excluding hydrogens is 494 g/mol. The molecule has 0 unspecified atom stereocenters. The molecule has 1 aromatic carbocycles. The van der Waals surface area contributed by atoms with Gasteiger partial charge in [-0.25, -0.2) is 0 Å². The minimum atomic E-state index is -0.846. The quantitative estimate of drug-likeness (QED) is 0.225. The maximum atomic E-state index is 12.9. The van der Waals surface area contributed by atoms with Crippen LogP contribution in [-0.4, -0.2) is 59.1 Å². The van der Waals surface area contributed by atoms with E-state index in [4.69, 9.17) is 16.2 Å². The van der Waals surface area contributed by atoms with Crippen LogP contribution in [-0.2, 0) is 27.3 Å². The largest absolute Gasteiger partial charge is 0.391 e. The highest BCUT2D eigenvalue weighted by atomic mass is 16.5. The first-order valence-electron chi connectivity index (χ1n) is 14.2. The molecule has 0 saturated heterocycles. The summed E-state index contributed by atoms with van der Waals surface area (Å²) in [5.74, 6) is -0.454. The summed E-state index contributed by atoms with van der Waals surface area (Å²) >= 11 is 0. The average Bonchev–Trinajstić information content (AvgIpc) is 3.27. The van der Waals surface area contributed by atoms with Crippen molar-refractivity contribution in [3.63, 3.8) is 0 Å². The van der Waals surface area contributed by atoms with Crippen LogP contribution in [0.2, 0.25) is 0 Å². The minimum absolute atomic E-state index is 0.00454. The van der Waals surface area contributed by atoms with Gasteiger partial charge < -0.3 is 26.6 Å². The zero-order valence-electron chi connectivity index (χ0n) is 24.9. The molecule has 0 spiro atoms. The molecule has 1 aromatic heterocycles. The Labute approximate surface area is 234 Å². The number of rotatable bonds is 17. The number of carbonyl (C=O) groups is 2. The second kappa shape index (κ2) is 14.8. The average molecular weight is 546 g/mol. The first kappa shape index (κ1) is 32.7. The van der Waals surface area contributed by atoms with E-state index in [0.717, 1.165) is 30.3 Å². The van der Waals surface area contributed by atoms with Crippen LogP contribution in [0.3, 0.4) is 0 Å². The highest BCUT2D eigenvalue weighted by molar-refractivity contribution is 5.83. The van der Waals surface area contributed by atoms with E-state index >= 15 is 0 Å². The molecule has 1 heterocycles. The van der Waals surface area contributed by atoms with Gasteiger partial charge in [0.05, 0.1) is 23.2 Å². The van der Waals surface area contributed by atoms with Gasteiger partial charge >= 0.3 is 0 Å². The number of aliphatic hydroxyl groups excluding tert-OH is 1. The predicted molar refractivity (Wildman–Crippen MR) is 156 cm³/mol. The summed E-state index contributed by atoms with van der Waals surface area (Å²) < 4.78 is 7.21. The number of benzene rings is 1. The van der Waals surface area contributed by atoms with Crippen LogP contribution in [0.1, 0.15) is 66.4 Å². The Balaban J connectivity index is 2.05. The van der Waals surface area contributed by atoms with Gasteiger partial charge in [-0.1, -0.05) is 39.8 Å². The molecule has 39 heavy (non-hydrogen) atoms. The second-order valence-electron chi connectivity index (χ2n) is 12.3. The maximum Gasteiger partial charge on any atom is 0.224 e. The molecule has 0 bridgehead atoms. The number of methoxy groups -OCH3 is 1. The molecule has 0 aliphatic heterocycles. The number of nitrogens with zero attached hydrogens (tertiary/aromatic N) is 2. The summed E-state index contributed by atoms with van der Waals surface area (Å²) in [5, 5.41) is 19.5. The minimum Gasteiger partial charge on any atom is -0.391 e. The van der Waals surface area contributed by atoms with E-state index < -0.39 is 29.4 Å². The van der Waals surface area contributed by atoms with Gasteiger partial charge in [-0.15, -0.1) is 0 Å². The van der Waals surface area contributed by atoms with Gasteiger partial charge in [0.1, 0.15) is 0 Å². The topological polar surface area (TPSA) is 145 Å². The van der Waals surface area contributed by atoms with Crippen molar-refractivity contribution in [2.45, 2.75) is 85.9 Å². The lowest BCUT2D eigenvalue weighted by molar-refractivity contribution is -0.130. The number of primary amides is 1. The van der Waals surface area contributed by atoms with E-state index in [-0.39, 0.29) is 30.7 Å². The van der Waals surface area contributed by atoms with Crippen LogP contribution >= 0.6 is 0 Å². The number of ether oxygens (including phenoxy) is 1. The molecule has 0 aliphatic rings. The van der Waals surface area contributed by atoms with Gasteiger partial charge in [-0.05, 0) is 68.9 Å². The predicted octanol–water partition coefficient (Wildman–Crippen LogP) is 3.26. The van der Waals surface area contributed by atoms with Gasteiger partial charge in [-0.2, -0.15) is 5.10 Å². The molecule has 6 N–H and O–H groups in total. The van der Waals surface area contributed by atoms with Crippen molar-refractivity contribution in [2.24, 2.45) is 40.6 Å². The fourth-order valence-corrected chi connectivity index (χ4v) is 4.82. The second-order valence-corrected chi connectivity index (χ2v) is 12.3. The number of hydrogen-bond acceptors (Lipinski definition) is 6. The standard InChI is InChI=1S/C30H51N5O4/c1-19(2)23(13-21-9-10-22-17-34-35(26(22)14-21)11-8-12-39-7)15-25(31)27(36)16-24(20(3)4)28(37)33-18-30(5,6)29(32)38/h9-10,14,17,19-20,23-25,27,36H,8,11-13,15-16,18,31H2,1-7H3,(H2,32,38)(H,33,37)/t23-,24-,25-,27-/m0/s1. The first-order valence-corrected chi connectivity index (χ1v) is 14.2. The number of carbonyl (C=O) groups excluding carboxylic acids is 2. The summed E-state index contributed by atoms with van der Waals surface area (Å²) in [4.78, 5) is 24.6. The Bertz CT molecular complexity index is 1060. The molecule has 9 nitrogen and oxygen atoms in total. The Morgan fingerprint density at radius 2 is 1.85 bits per heavy atom. The monoisotopic (exact) mass is 545 g/mol. The number of aliphatic hydroxyl groups is 1. The normalized spacial score (nSPS) is 15.5. The van der Waals surface area contributed by atoms with Gasteiger partial charge in [0.25, 0.3) is 0 Å². The molecule has 0 radical (unpaired) electrons. The van der Waals surface area contributed by atoms with Crippen LogP contribution in [0.25, 0.3) is 10.9 Å². The van der Waals surface area contributed by atoms with E-state index in [1.807, 2.05) is 24.7 Å². The third-order valence-electron chi connectivity index (χ3n) is 7.95. The molecular formula is C30H51N5O4.